The Balaban J connectivity index is 2.05. The fourth-order valence-electron chi connectivity index (χ4n) is 3.97. The Morgan fingerprint density at radius 2 is 1.56 bits per heavy atom. The van der Waals surface area contributed by atoms with Gasteiger partial charge in [-0.2, -0.15) is 0 Å². The van der Waals surface area contributed by atoms with Crippen molar-refractivity contribution in [2.24, 2.45) is 0 Å². The Morgan fingerprint density at radius 3 is 2.33 bits per heavy atom. The minimum Gasteiger partial charge on any atom is -0.292 e. The summed E-state index contributed by atoms with van der Waals surface area (Å²) in [5, 5.41) is 3.70. The average molecular weight is 348 g/mol. The van der Waals surface area contributed by atoms with Crippen LogP contribution in [0.15, 0.2) is 84.6 Å². The molecule has 2 heteroatoms. The standard InChI is InChI=1S/C25H20N2/c1-17(2)15-19-16-26-25-22-12-7-6-11-21(22)24-20(18-9-4-3-5-10-18)13-8-14-23(24)27(19)25/h3-16H,1-2H3. The van der Waals surface area contributed by atoms with Crippen molar-refractivity contribution < 1.29 is 0 Å². The Bertz CT molecular complexity index is 1320. The first-order chi connectivity index (χ1) is 13.2. The van der Waals surface area contributed by atoms with Crippen LogP contribution in [0.1, 0.15) is 19.5 Å². The number of pyridine rings is 1. The van der Waals surface area contributed by atoms with Crippen LogP contribution < -0.4 is 0 Å². The first-order valence-corrected chi connectivity index (χ1v) is 9.25. The van der Waals surface area contributed by atoms with E-state index >= 15 is 0 Å². The SMILES string of the molecule is CC(C)=Cc1cnc2c3ccccc3c3c(-c4ccccc4)cccc3n12. The largest absolute Gasteiger partial charge is 0.292 e. The van der Waals surface area contributed by atoms with Crippen LogP contribution >= 0.6 is 0 Å². The van der Waals surface area contributed by atoms with E-state index in [0.717, 1.165) is 11.3 Å². The van der Waals surface area contributed by atoms with Gasteiger partial charge in [0.2, 0.25) is 0 Å². The van der Waals surface area contributed by atoms with Gasteiger partial charge in [0.1, 0.15) is 5.65 Å². The molecule has 3 aromatic carbocycles. The zero-order valence-corrected chi connectivity index (χ0v) is 15.5. The third-order valence-electron chi connectivity index (χ3n) is 5.03. The van der Waals surface area contributed by atoms with Gasteiger partial charge in [-0.3, -0.25) is 4.40 Å². The van der Waals surface area contributed by atoms with Crippen molar-refractivity contribution in [2.75, 3.05) is 0 Å². The maximum atomic E-state index is 4.77. The average Bonchev–Trinajstić information content (AvgIpc) is 3.12. The molecule has 0 spiro atoms. The summed E-state index contributed by atoms with van der Waals surface area (Å²) in [6, 6.07) is 25.8. The predicted molar refractivity (Wildman–Crippen MR) is 115 cm³/mol. The van der Waals surface area contributed by atoms with Crippen molar-refractivity contribution in [1.82, 2.24) is 9.38 Å². The molecule has 0 atom stereocenters. The van der Waals surface area contributed by atoms with E-state index in [9.17, 15) is 0 Å². The molecular formula is C25H20N2. The molecule has 0 N–H and O–H groups in total. The third kappa shape index (κ3) is 2.45. The summed E-state index contributed by atoms with van der Waals surface area (Å²) in [5.74, 6) is 0. The molecule has 5 rings (SSSR count). The molecule has 130 valence electrons. The van der Waals surface area contributed by atoms with Crippen LogP contribution in [-0.2, 0) is 0 Å². The molecule has 2 heterocycles. The van der Waals surface area contributed by atoms with Crippen LogP contribution in [0.4, 0.5) is 0 Å². The van der Waals surface area contributed by atoms with Crippen LogP contribution in [0.5, 0.6) is 0 Å². The van der Waals surface area contributed by atoms with E-state index in [4.69, 9.17) is 4.98 Å². The lowest BCUT2D eigenvalue weighted by Crippen LogP contribution is -1.95. The topological polar surface area (TPSA) is 17.3 Å². The molecule has 2 nitrogen and oxygen atoms in total. The number of hydrogen-bond donors (Lipinski definition) is 0. The first-order valence-electron chi connectivity index (χ1n) is 9.25. The van der Waals surface area contributed by atoms with E-state index < -0.39 is 0 Å². The highest BCUT2D eigenvalue weighted by Crippen LogP contribution is 2.36. The minimum atomic E-state index is 1.01. The molecule has 0 unspecified atom stereocenters. The van der Waals surface area contributed by atoms with Crippen molar-refractivity contribution in [3.8, 4) is 11.1 Å². The van der Waals surface area contributed by atoms with E-state index in [0.29, 0.717) is 0 Å². The monoisotopic (exact) mass is 348 g/mol. The van der Waals surface area contributed by atoms with Crippen molar-refractivity contribution in [2.45, 2.75) is 13.8 Å². The number of benzene rings is 3. The molecule has 5 aromatic rings. The molecule has 0 saturated carbocycles. The summed E-state index contributed by atoms with van der Waals surface area (Å²) >= 11 is 0. The molecule has 0 bridgehead atoms. The normalized spacial score (nSPS) is 11.3. The molecule has 0 fully saturated rings. The van der Waals surface area contributed by atoms with Crippen LogP contribution in [0.3, 0.4) is 0 Å². The summed E-state index contributed by atoms with van der Waals surface area (Å²) < 4.78 is 2.29. The Kier molecular flexibility index (Phi) is 3.58. The zero-order valence-electron chi connectivity index (χ0n) is 15.5. The lowest BCUT2D eigenvalue weighted by atomic mass is 9.96. The fraction of sp³-hybridized carbons (Fsp3) is 0.0800. The summed E-state index contributed by atoms with van der Waals surface area (Å²) in [7, 11) is 0. The van der Waals surface area contributed by atoms with Crippen molar-refractivity contribution in [1.29, 1.82) is 0 Å². The second-order valence-electron chi connectivity index (χ2n) is 7.18. The summed E-state index contributed by atoms with van der Waals surface area (Å²) in [6.07, 6.45) is 4.17. The van der Waals surface area contributed by atoms with Gasteiger partial charge in [0, 0.05) is 10.8 Å². The van der Waals surface area contributed by atoms with E-state index in [1.807, 2.05) is 6.20 Å². The minimum absolute atomic E-state index is 1.01. The van der Waals surface area contributed by atoms with Gasteiger partial charge in [0.05, 0.1) is 17.4 Å². The Hall–Kier alpha value is -3.39. The van der Waals surface area contributed by atoms with E-state index in [1.54, 1.807) is 0 Å². The number of aromatic nitrogens is 2. The van der Waals surface area contributed by atoms with Crippen LogP contribution in [0.25, 0.3) is 44.5 Å². The molecular weight excluding hydrogens is 328 g/mol. The maximum absolute atomic E-state index is 4.77. The van der Waals surface area contributed by atoms with Crippen molar-refractivity contribution in [3.05, 3.63) is 90.3 Å². The highest BCUT2D eigenvalue weighted by atomic mass is 15.0. The van der Waals surface area contributed by atoms with E-state index in [2.05, 4.69) is 97.1 Å². The number of rotatable bonds is 2. The molecule has 0 saturated heterocycles. The van der Waals surface area contributed by atoms with E-state index in [-0.39, 0.29) is 0 Å². The molecule has 2 aromatic heterocycles. The summed E-state index contributed by atoms with van der Waals surface area (Å²) in [4.78, 5) is 4.77. The fourth-order valence-corrected chi connectivity index (χ4v) is 3.97. The lowest BCUT2D eigenvalue weighted by molar-refractivity contribution is 1.24. The van der Waals surface area contributed by atoms with Crippen molar-refractivity contribution >= 4 is 33.4 Å². The van der Waals surface area contributed by atoms with Gasteiger partial charge in [0.15, 0.2) is 0 Å². The second kappa shape index (κ2) is 6.10. The molecule has 0 radical (unpaired) electrons. The Labute approximate surface area is 158 Å². The van der Waals surface area contributed by atoms with Gasteiger partial charge in [-0.25, -0.2) is 4.98 Å². The lowest BCUT2D eigenvalue weighted by Gasteiger charge is -2.14. The summed E-state index contributed by atoms with van der Waals surface area (Å²) in [6.45, 7) is 4.25. The quantitative estimate of drug-likeness (QED) is 0.323. The second-order valence-corrected chi connectivity index (χ2v) is 7.18. The molecule has 0 aliphatic rings. The molecule has 0 aliphatic heterocycles. The summed E-state index contributed by atoms with van der Waals surface area (Å²) in [5.41, 5.74) is 7.06. The predicted octanol–water partition coefficient (Wildman–Crippen LogP) is 6.73. The van der Waals surface area contributed by atoms with Crippen LogP contribution in [0.2, 0.25) is 0 Å². The number of nitrogens with zero attached hydrogens (tertiary/aromatic N) is 2. The highest BCUT2D eigenvalue weighted by molar-refractivity contribution is 6.17. The van der Waals surface area contributed by atoms with Gasteiger partial charge in [-0.05, 0) is 42.5 Å². The van der Waals surface area contributed by atoms with Gasteiger partial charge in [-0.15, -0.1) is 0 Å². The maximum Gasteiger partial charge on any atom is 0.145 e. The molecule has 27 heavy (non-hydrogen) atoms. The van der Waals surface area contributed by atoms with Gasteiger partial charge >= 0.3 is 0 Å². The number of imidazole rings is 1. The van der Waals surface area contributed by atoms with Gasteiger partial charge in [-0.1, -0.05) is 72.3 Å². The molecule has 0 aliphatic carbocycles. The van der Waals surface area contributed by atoms with Crippen LogP contribution in [-0.4, -0.2) is 9.38 Å². The Morgan fingerprint density at radius 1 is 0.815 bits per heavy atom. The first kappa shape index (κ1) is 15.8. The number of hydrogen-bond acceptors (Lipinski definition) is 1. The number of allylic oxidation sites excluding steroid dienone is 1. The molecule has 0 amide bonds. The van der Waals surface area contributed by atoms with Gasteiger partial charge < -0.3 is 0 Å². The van der Waals surface area contributed by atoms with Crippen LogP contribution in [0, 0.1) is 0 Å². The van der Waals surface area contributed by atoms with Crippen molar-refractivity contribution in [3.63, 3.8) is 0 Å². The van der Waals surface area contributed by atoms with Gasteiger partial charge in [0.25, 0.3) is 0 Å². The van der Waals surface area contributed by atoms with E-state index in [1.165, 1.54) is 38.4 Å². The smallest absolute Gasteiger partial charge is 0.145 e. The zero-order chi connectivity index (χ0) is 18.4. The number of fused-ring (bicyclic) bond motifs is 6. The highest BCUT2D eigenvalue weighted by Gasteiger charge is 2.15. The third-order valence-corrected chi connectivity index (χ3v) is 5.03.